The highest BCUT2D eigenvalue weighted by Gasteiger charge is 2.31. The molecule has 0 aromatic heterocycles. The van der Waals surface area contributed by atoms with Gasteiger partial charge in [-0.05, 0) is 5.56 Å². The molecule has 0 unspecified atom stereocenters. The zero-order valence-corrected chi connectivity index (χ0v) is 9.75. The Morgan fingerprint density at radius 1 is 1.33 bits per heavy atom. The van der Waals surface area contributed by atoms with E-state index < -0.39 is 10.0 Å². The molecule has 1 fully saturated rings. The third-order valence-electron chi connectivity index (χ3n) is 1.79. The summed E-state index contributed by atoms with van der Waals surface area (Å²) >= 11 is 1.36. The summed E-state index contributed by atoms with van der Waals surface area (Å²) in [6, 6.07) is 9.85. The average molecular weight is 242 g/mol. The van der Waals surface area contributed by atoms with E-state index in [-0.39, 0.29) is 0 Å². The van der Waals surface area contributed by atoms with Gasteiger partial charge in [0.1, 0.15) is 0 Å². The second-order valence-corrected chi connectivity index (χ2v) is 5.86. The van der Waals surface area contributed by atoms with E-state index in [4.69, 9.17) is 0 Å². The summed E-state index contributed by atoms with van der Waals surface area (Å²) in [6.45, 7) is 0.694. The van der Waals surface area contributed by atoms with Crippen LogP contribution in [0.2, 0.25) is 0 Å². The molecule has 1 aliphatic heterocycles. The van der Waals surface area contributed by atoms with E-state index in [0.717, 1.165) is 11.8 Å². The molecule has 15 heavy (non-hydrogen) atoms. The number of hydrogen-bond donors (Lipinski definition) is 0. The van der Waals surface area contributed by atoms with Crippen LogP contribution in [0, 0.1) is 0 Å². The molecule has 0 atom stereocenters. The lowest BCUT2D eigenvalue weighted by Crippen LogP contribution is -1.99. The molecule has 1 aromatic rings. The lowest BCUT2D eigenvalue weighted by atomic mass is 10.2. The van der Waals surface area contributed by atoms with Crippen molar-refractivity contribution < 1.29 is 8.42 Å². The monoisotopic (exact) mass is 242 g/mol. The second kappa shape index (κ2) is 3.86. The van der Waals surface area contributed by atoms with Crippen LogP contribution in [0.4, 0.5) is 0 Å². The van der Waals surface area contributed by atoms with Gasteiger partial charge in [-0.25, -0.2) is 8.42 Å². The summed E-state index contributed by atoms with van der Waals surface area (Å²) in [4.78, 5) is 0. The predicted molar refractivity (Wildman–Crippen MR) is 61.9 cm³/mol. The molecule has 80 valence electrons. The molecule has 1 saturated heterocycles. The fourth-order valence-electron chi connectivity index (χ4n) is 1.13. The Morgan fingerprint density at radius 2 is 2.00 bits per heavy atom. The first-order valence-electron chi connectivity index (χ1n) is 4.34. The fourth-order valence-corrected chi connectivity index (χ4v) is 2.58. The van der Waals surface area contributed by atoms with Gasteiger partial charge in [0.15, 0.2) is 0 Å². The van der Waals surface area contributed by atoms with E-state index in [1.165, 1.54) is 11.9 Å². The molecular formula is C9H10N2O2S2. The first-order chi connectivity index (χ1) is 7.04. The normalized spacial score (nSPS) is 18.2. The van der Waals surface area contributed by atoms with Gasteiger partial charge in [0, 0.05) is 11.9 Å². The van der Waals surface area contributed by atoms with Crippen molar-refractivity contribution >= 4 is 27.1 Å². The summed E-state index contributed by atoms with van der Waals surface area (Å²) < 4.78 is 27.1. The summed E-state index contributed by atoms with van der Waals surface area (Å²) in [5.74, 6) is 0. The standard InChI is InChI=1S/C9H10N2O2S2/c1-15(12,13)10-9-11(14-9)7-8-5-3-2-4-6-8/h2-6H,7H2,1H3/b10-9+. The van der Waals surface area contributed by atoms with E-state index in [1.807, 2.05) is 34.6 Å². The van der Waals surface area contributed by atoms with Crippen molar-refractivity contribution in [1.82, 2.24) is 4.31 Å². The predicted octanol–water partition coefficient (Wildman–Crippen LogP) is 1.47. The molecule has 6 heteroatoms. The van der Waals surface area contributed by atoms with Crippen molar-refractivity contribution in [3.8, 4) is 0 Å². The van der Waals surface area contributed by atoms with Crippen molar-refractivity contribution in [2.24, 2.45) is 4.40 Å². The summed E-state index contributed by atoms with van der Waals surface area (Å²) in [7, 11) is -3.26. The Bertz CT molecular complexity index is 482. The average Bonchev–Trinajstić information content (AvgIpc) is 2.82. The molecule has 4 nitrogen and oxygen atoms in total. The van der Waals surface area contributed by atoms with Crippen LogP contribution in [0.5, 0.6) is 0 Å². The highest BCUT2D eigenvalue weighted by molar-refractivity contribution is 8.22. The first kappa shape index (κ1) is 10.5. The number of rotatable bonds is 3. The van der Waals surface area contributed by atoms with Gasteiger partial charge in [0.2, 0.25) is 5.17 Å². The Morgan fingerprint density at radius 3 is 2.60 bits per heavy atom. The quantitative estimate of drug-likeness (QED) is 0.595. The van der Waals surface area contributed by atoms with Gasteiger partial charge < -0.3 is 0 Å². The molecular weight excluding hydrogens is 232 g/mol. The topological polar surface area (TPSA) is 49.5 Å². The molecule has 1 aromatic carbocycles. The molecule has 0 radical (unpaired) electrons. The van der Waals surface area contributed by atoms with Gasteiger partial charge in [-0.3, -0.25) is 4.31 Å². The zero-order valence-electron chi connectivity index (χ0n) is 8.12. The van der Waals surface area contributed by atoms with E-state index in [2.05, 4.69) is 4.40 Å². The maximum Gasteiger partial charge on any atom is 0.252 e. The fraction of sp³-hybridized carbons (Fsp3) is 0.222. The third-order valence-corrected chi connectivity index (χ3v) is 3.23. The summed E-state index contributed by atoms with van der Waals surface area (Å²) in [5.41, 5.74) is 1.14. The van der Waals surface area contributed by atoms with Gasteiger partial charge in [-0.15, -0.1) is 4.40 Å². The van der Waals surface area contributed by atoms with Crippen molar-refractivity contribution in [2.75, 3.05) is 6.26 Å². The van der Waals surface area contributed by atoms with Crippen LogP contribution in [-0.2, 0) is 16.6 Å². The molecule has 1 heterocycles. The van der Waals surface area contributed by atoms with Crippen molar-refractivity contribution in [1.29, 1.82) is 0 Å². The van der Waals surface area contributed by atoms with E-state index in [0.29, 0.717) is 11.7 Å². The SMILES string of the molecule is CS(=O)(=O)/N=C1/SN1Cc1ccccc1. The van der Waals surface area contributed by atoms with Crippen LogP contribution in [-0.4, -0.2) is 24.1 Å². The Hall–Kier alpha value is -1.01. The minimum absolute atomic E-state index is 0.571. The minimum atomic E-state index is -3.26. The van der Waals surface area contributed by atoms with Crippen molar-refractivity contribution in [2.45, 2.75) is 6.54 Å². The number of nitrogens with zero attached hydrogens (tertiary/aromatic N) is 2. The minimum Gasteiger partial charge on any atom is -0.282 e. The summed E-state index contributed by atoms with van der Waals surface area (Å²) in [6.07, 6.45) is 1.10. The lowest BCUT2D eigenvalue weighted by molar-refractivity contribution is 0.603. The third kappa shape index (κ3) is 3.24. The summed E-state index contributed by atoms with van der Waals surface area (Å²) in [5, 5.41) is 0.571. The molecule has 0 aliphatic carbocycles. The van der Waals surface area contributed by atoms with E-state index >= 15 is 0 Å². The van der Waals surface area contributed by atoms with Crippen molar-refractivity contribution in [3.63, 3.8) is 0 Å². The molecule has 2 rings (SSSR count). The molecule has 0 bridgehead atoms. The first-order valence-corrected chi connectivity index (χ1v) is 6.96. The number of benzene rings is 1. The van der Waals surface area contributed by atoms with Gasteiger partial charge in [-0.1, -0.05) is 30.3 Å². The highest BCUT2D eigenvalue weighted by Crippen LogP contribution is 2.35. The van der Waals surface area contributed by atoms with Crippen LogP contribution in [0.15, 0.2) is 34.7 Å². The molecule has 1 aliphatic rings. The van der Waals surface area contributed by atoms with Crippen LogP contribution in [0.25, 0.3) is 0 Å². The lowest BCUT2D eigenvalue weighted by Gasteiger charge is -1.98. The Labute approximate surface area is 93.2 Å². The zero-order chi connectivity index (χ0) is 10.9. The molecule has 0 spiro atoms. The van der Waals surface area contributed by atoms with Gasteiger partial charge in [-0.2, -0.15) is 0 Å². The van der Waals surface area contributed by atoms with Crippen molar-refractivity contribution in [3.05, 3.63) is 35.9 Å². The van der Waals surface area contributed by atoms with Crippen LogP contribution < -0.4 is 0 Å². The Balaban J connectivity index is 1.99. The van der Waals surface area contributed by atoms with Crippen LogP contribution in [0.3, 0.4) is 0 Å². The number of sulfonamides is 1. The molecule has 0 saturated carbocycles. The smallest absolute Gasteiger partial charge is 0.252 e. The highest BCUT2D eigenvalue weighted by atomic mass is 32.2. The van der Waals surface area contributed by atoms with E-state index in [9.17, 15) is 8.42 Å². The van der Waals surface area contributed by atoms with Gasteiger partial charge in [0.25, 0.3) is 10.0 Å². The molecule has 0 N–H and O–H groups in total. The van der Waals surface area contributed by atoms with E-state index in [1.54, 1.807) is 0 Å². The number of hydrogen-bond acceptors (Lipinski definition) is 3. The Kier molecular flexibility index (Phi) is 2.70. The number of amidine groups is 1. The molecule has 0 amide bonds. The van der Waals surface area contributed by atoms with Gasteiger partial charge in [0.05, 0.1) is 12.8 Å². The largest absolute Gasteiger partial charge is 0.282 e. The maximum absolute atomic E-state index is 10.9. The van der Waals surface area contributed by atoms with Crippen LogP contribution >= 0.6 is 11.9 Å². The second-order valence-electron chi connectivity index (χ2n) is 3.22. The maximum atomic E-state index is 10.9. The van der Waals surface area contributed by atoms with Gasteiger partial charge >= 0.3 is 0 Å². The van der Waals surface area contributed by atoms with Crippen LogP contribution in [0.1, 0.15) is 5.56 Å².